The minimum atomic E-state index is -0.412. The van der Waals surface area contributed by atoms with Crippen LogP contribution in [0.25, 0.3) is 0 Å². The quantitative estimate of drug-likeness (QED) is 0.868. The minimum Gasteiger partial charge on any atom is -0.497 e. The van der Waals surface area contributed by atoms with Gasteiger partial charge in [-0.05, 0) is 42.7 Å². The highest BCUT2D eigenvalue weighted by Gasteiger charge is 2.51. The maximum absolute atomic E-state index is 12.7. The molecule has 1 saturated carbocycles. The Morgan fingerprint density at radius 3 is 2.42 bits per heavy atom. The van der Waals surface area contributed by atoms with Gasteiger partial charge in [0.05, 0.1) is 19.6 Å². The van der Waals surface area contributed by atoms with Crippen LogP contribution in [0, 0.1) is 0 Å². The van der Waals surface area contributed by atoms with Crippen molar-refractivity contribution in [2.45, 2.75) is 24.8 Å². The Labute approximate surface area is 146 Å². The largest absolute Gasteiger partial charge is 0.497 e. The summed E-state index contributed by atoms with van der Waals surface area (Å²) in [4.78, 5) is 12.7. The Morgan fingerprint density at radius 2 is 1.83 bits per heavy atom. The van der Waals surface area contributed by atoms with E-state index in [0.29, 0.717) is 17.3 Å². The Balaban J connectivity index is 1.71. The zero-order valence-corrected chi connectivity index (χ0v) is 14.5. The Morgan fingerprint density at radius 1 is 1.12 bits per heavy atom. The molecule has 3 rings (SSSR count). The van der Waals surface area contributed by atoms with Gasteiger partial charge in [0.15, 0.2) is 0 Å². The van der Waals surface area contributed by atoms with Crippen LogP contribution in [0.3, 0.4) is 0 Å². The topological polar surface area (TPSA) is 47.6 Å². The smallest absolute Gasteiger partial charge is 0.230 e. The van der Waals surface area contributed by atoms with Gasteiger partial charge in [0, 0.05) is 23.2 Å². The summed E-state index contributed by atoms with van der Waals surface area (Å²) in [7, 11) is 3.22. The summed E-state index contributed by atoms with van der Waals surface area (Å²) in [5.41, 5.74) is 1.52. The fraction of sp³-hybridized carbons (Fsp3) is 0.316. The number of ether oxygens (including phenoxy) is 2. The van der Waals surface area contributed by atoms with Gasteiger partial charge >= 0.3 is 0 Å². The average molecular weight is 346 g/mol. The highest BCUT2D eigenvalue weighted by Crippen LogP contribution is 2.48. The van der Waals surface area contributed by atoms with E-state index in [4.69, 9.17) is 21.1 Å². The van der Waals surface area contributed by atoms with Crippen molar-refractivity contribution in [1.29, 1.82) is 0 Å². The fourth-order valence-electron chi connectivity index (χ4n) is 2.88. The normalized spacial score (nSPS) is 14.8. The molecule has 0 spiro atoms. The van der Waals surface area contributed by atoms with Gasteiger partial charge < -0.3 is 14.8 Å². The van der Waals surface area contributed by atoms with E-state index in [-0.39, 0.29) is 5.91 Å². The summed E-state index contributed by atoms with van der Waals surface area (Å²) in [6.45, 7) is 0.418. The number of halogens is 1. The zero-order valence-electron chi connectivity index (χ0n) is 13.8. The van der Waals surface area contributed by atoms with Crippen LogP contribution in [-0.2, 0) is 16.8 Å². The third kappa shape index (κ3) is 3.20. The molecule has 1 N–H and O–H groups in total. The number of hydrogen-bond acceptors (Lipinski definition) is 3. The van der Waals surface area contributed by atoms with Crippen molar-refractivity contribution in [3.05, 3.63) is 58.6 Å². The number of hydrogen-bond donors (Lipinski definition) is 1. The molecule has 0 heterocycles. The van der Waals surface area contributed by atoms with Gasteiger partial charge in [-0.2, -0.15) is 0 Å². The van der Waals surface area contributed by atoms with Gasteiger partial charge in [-0.3, -0.25) is 4.79 Å². The lowest BCUT2D eigenvalue weighted by atomic mass is 9.95. The molecule has 1 fully saturated rings. The highest BCUT2D eigenvalue weighted by molar-refractivity contribution is 6.30. The van der Waals surface area contributed by atoms with Crippen LogP contribution in [0.15, 0.2) is 42.5 Å². The predicted octanol–water partition coefficient (Wildman–Crippen LogP) is 3.71. The maximum Gasteiger partial charge on any atom is 0.230 e. The molecule has 1 aliphatic carbocycles. The summed E-state index contributed by atoms with van der Waals surface area (Å²) >= 11 is 5.94. The number of carbonyl (C=O) groups is 1. The van der Waals surface area contributed by atoms with Crippen LogP contribution in [0.4, 0.5) is 0 Å². The molecule has 5 heteroatoms. The van der Waals surface area contributed by atoms with E-state index in [1.54, 1.807) is 14.2 Å². The molecule has 0 atom stereocenters. The maximum atomic E-state index is 12.7. The Bertz CT molecular complexity index is 739. The average Bonchev–Trinajstić information content (AvgIpc) is 3.42. The van der Waals surface area contributed by atoms with Gasteiger partial charge in [-0.25, -0.2) is 0 Å². The molecule has 0 unspecified atom stereocenters. The number of benzene rings is 2. The van der Waals surface area contributed by atoms with E-state index in [1.165, 1.54) is 0 Å². The number of carbonyl (C=O) groups excluding carboxylic acids is 1. The van der Waals surface area contributed by atoms with E-state index in [1.807, 2.05) is 42.5 Å². The van der Waals surface area contributed by atoms with Crippen molar-refractivity contribution in [3.63, 3.8) is 0 Å². The molecule has 1 amide bonds. The second-order valence-electron chi connectivity index (χ2n) is 5.95. The number of rotatable bonds is 6. The van der Waals surface area contributed by atoms with Crippen LogP contribution in [0.2, 0.25) is 5.02 Å². The lowest BCUT2D eigenvalue weighted by Gasteiger charge is -2.17. The minimum absolute atomic E-state index is 0.0442. The van der Waals surface area contributed by atoms with Gasteiger partial charge in [0.1, 0.15) is 11.5 Å². The van der Waals surface area contributed by atoms with E-state index < -0.39 is 5.41 Å². The van der Waals surface area contributed by atoms with Crippen LogP contribution >= 0.6 is 11.6 Å². The van der Waals surface area contributed by atoms with E-state index in [0.717, 1.165) is 29.7 Å². The number of amides is 1. The third-order valence-corrected chi connectivity index (χ3v) is 4.77. The summed E-state index contributed by atoms with van der Waals surface area (Å²) in [5, 5.41) is 3.71. The van der Waals surface area contributed by atoms with Crippen molar-refractivity contribution >= 4 is 17.5 Å². The van der Waals surface area contributed by atoms with Crippen LogP contribution < -0.4 is 14.8 Å². The molecular formula is C19H20ClNO3. The monoisotopic (exact) mass is 345 g/mol. The summed E-state index contributed by atoms with van der Waals surface area (Å²) < 4.78 is 10.6. The molecule has 0 bridgehead atoms. The molecule has 24 heavy (non-hydrogen) atoms. The van der Waals surface area contributed by atoms with Gasteiger partial charge in [-0.1, -0.05) is 23.7 Å². The molecule has 0 radical (unpaired) electrons. The first-order valence-electron chi connectivity index (χ1n) is 7.84. The second-order valence-corrected chi connectivity index (χ2v) is 6.39. The molecule has 2 aromatic carbocycles. The van der Waals surface area contributed by atoms with Gasteiger partial charge in [0.2, 0.25) is 5.91 Å². The first kappa shape index (κ1) is 16.7. The third-order valence-electron chi connectivity index (χ3n) is 4.52. The van der Waals surface area contributed by atoms with E-state index in [2.05, 4.69) is 5.32 Å². The zero-order chi connectivity index (χ0) is 17.2. The van der Waals surface area contributed by atoms with Gasteiger partial charge in [-0.15, -0.1) is 0 Å². The molecule has 2 aromatic rings. The number of nitrogens with one attached hydrogen (secondary N) is 1. The SMILES string of the molecule is COc1ccc(CNC(=O)C2(c3ccc(Cl)cc3)CC2)c(OC)c1. The second kappa shape index (κ2) is 6.73. The first-order chi connectivity index (χ1) is 11.6. The molecular weight excluding hydrogens is 326 g/mol. The summed E-state index contributed by atoms with van der Waals surface area (Å²) in [6.07, 6.45) is 1.72. The number of methoxy groups -OCH3 is 2. The van der Waals surface area contributed by atoms with Crippen molar-refractivity contribution in [2.75, 3.05) is 14.2 Å². The van der Waals surface area contributed by atoms with Crippen LogP contribution in [0.1, 0.15) is 24.0 Å². The molecule has 4 nitrogen and oxygen atoms in total. The van der Waals surface area contributed by atoms with Crippen molar-refractivity contribution in [2.24, 2.45) is 0 Å². The lowest BCUT2D eigenvalue weighted by molar-refractivity contribution is -0.123. The van der Waals surface area contributed by atoms with Crippen molar-refractivity contribution in [1.82, 2.24) is 5.32 Å². The lowest BCUT2D eigenvalue weighted by Crippen LogP contribution is -2.34. The van der Waals surface area contributed by atoms with Crippen molar-refractivity contribution in [3.8, 4) is 11.5 Å². The first-order valence-corrected chi connectivity index (χ1v) is 8.22. The standard InChI is InChI=1S/C19H20ClNO3/c1-23-16-8-3-13(17(11-16)24-2)12-21-18(22)19(9-10-19)14-4-6-15(20)7-5-14/h3-8,11H,9-10,12H2,1-2H3,(H,21,22). The molecule has 1 aliphatic rings. The fourth-order valence-corrected chi connectivity index (χ4v) is 3.01. The molecule has 126 valence electrons. The Kier molecular flexibility index (Phi) is 4.67. The van der Waals surface area contributed by atoms with E-state index in [9.17, 15) is 4.79 Å². The highest BCUT2D eigenvalue weighted by atomic mass is 35.5. The van der Waals surface area contributed by atoms with Crippen LogP contribution in [-0.4, -0.2) is 20.1 Å². The summed E-state index contributed by atoms with van der Waals surface area (Å²) in [5.74, 6) is 1.47. The molecule has 0 aliphatic heterocycles. The van der Waals surface area contributed by atoms with Crippen molar-refractivity contribution < 1.29 is 14.3 Å². The summed E-state index contributed by atoms with van der Waals surface area (Å²) in [6, 6.07) is 13.1. The predicted molar refractivity (Wildman–Crippen MR) is 93.8 cm³/mol. The molecule has 0 saturated heterocycles. The Hall–Kier alpha value is -2.20. The van der Waals surface area contributed by atoms with Crippen LogP contribution in [0.5, 0.6) is 11.5 Å². The van der Waals surface area contributed by atoms with E-state index >= 15 is 0 Å². The van der Waals surface area contributed by atoms with Gasteiger partial charge in [0.25, 0.3) is 0 Å². The molecule has 0 aromatic heterocycles.